The van der Waals surface area contributed by atoms with Crippen molar-refractivity contribution in [2.24, 2.45) is 11.1 Å². The van der Waals surface area contributed by atoms with Gasteiger partial charge in [-0.3, -0.25) is 4.79 Å². The van der Waals surface area contributed by atoms with Crippen LogP contribution in [-0.2, 0) is 10.2 Å². The van der Waals surface area contributed by atoms with Crippen molar-refractivity contribution < 1.29 is 15.1 Å². The number of rotatable bonds is 2. The minimum absolute atomic E-state index is 0.285. The smallest absolute Gasteiger partial charge is 0.314 e. The van der Waals surface area contributed by atoms with Crippen LogP contribution in [0.2, 0.25) is 0 Å². The highest BCUT2D eigenvalue weighted by Crippen LogP contribution is 2.44. The number of carboxylic acids is 1. The lowest BCUT2D eigenvalue weighted by Crippen LogP contribution is -2.39. The van der Waals surface area contributed by atoms with Gasteiger partial charge in [0, 0.05) is 5.92 Å². The number of hydrogen-bond donors (Lipinski definition) is 2. The van der Waals surface area contributed by atoms with Crippen molar-refractivity contribution in [2.45, 2.75) is 25.2 Å². The molecule has 0 heterocycles. The highest BCUT2D eigenvalue weighted by molar-refractivity contribution is 5.98. The van der Waals surface area contributed by atoms with Crippen molar-refractivity contribution in [3.63, 3.8) is 0 Å². The Morgan fingerprint density at radius 2 is 2.06 bits per heavy atom. The molecule has 1 aliphatic carbocycles. The van der Waals surface area contributed by atoms with Gasteiger partial charge in [0.15, 0.2) is 0 Å². The minimum Gasteiger partial charge on any atom is -0.481 e. The molecule has 1 fully saturated rings. The molecule has 4 heteroatoms. The van der Waals surface area contributed by atoms with Crippen molar-refractivity contribution in [3.8, 4) is 0 Å². The van der Waals surface area contributed by atoms with Gasteiger partial charge in [0.25, 0.3) is 0 Å². The summed E-state index contributed by atoms with van der Waals surface area (Å²) in [5.41, 5.74) is 0.387. The zero-order valence-electron chi connectivity index (χ0n) is 9.63. The van der Waals surface area contributed by atoms with E-state index < -0.39 is 11.4 Å². The van der Waals surface area contributed by atoms with Gasteiger partial charge < -0.3 is 10.3 Å². The van der Waals surface area contributed by atoms with Crippen molar-refractivity contribution in [3.05, 3.63) is 35.9 Å². The van der Waals surface area contributed by atoms with Gasteiger partial charge in [-0.2, -0.15) is 0 Å². The molecule has 1 aromatic carbocycles. The second kappa shape index (κ2) is 4.20. The molecule has 4 nitrogen and oxygen atoms in total. The van der Waals surface area contributed by atoms with Gasteiger partial charge >= 0.3 is 5.97 Å². The predicted molar refractivity (Wildman–Crippen MR) is 63.4 cm³/mol. The fourth-order valence-corrected chi connectivity index (χ4v) is 2.72. The molecule has 0 aliphatic heterocycles. The molecule has 2 rings (SSSR count). The third kappa shape index (κ3) is 1.60. The Morgan fingerprint density at radius 3 is 2.53 bits per heavy atom. The van der Waals surface area contributed by atoms with Crippen LogP contribution < -0.4 is 0 Å². The van der Waals surface area contributed by atoms with Crippen molar-refractivity contribution in [2.75, 3.05) is 0 Å². The van der Waals surface area contributed by atoms with E-state index in [-0.39, 0.29) is 5.92 Å². The number of aliphatic carboxylic acids is 1. The summed E-state index contributed by atoms with van der Waals surface area (Å²) in [6, 6.07) is 9.18. The molecule has 2 unspecified atom stereocenters. The lowest BCUT2D eigenvalue weighted by atomic mass is 9.73. The largest absolute Gasteiger partial charge is 0.481 e. The quantitative estimate of drug-likeness (QED) is 0.608. The molecule has 2 atom stereocenters. The van der Waals surface area contributed by atoms with Crippen LogP contribution in [0.1, 0.15) is 25.3 Å². The summed E-state index contributed by atoms with van der Waals surface area (Å²) < 4.78 is 0. The molecule has 0 aromatic heterocycles. The topological polar surface area (TPSA) is 69.9 Å². The Kier molecular flexibility index (Phi) is 2.88. The van der Waals surface area contributed by atoms with Crippen LogP contribution in [0.3, 0.4) is 0 Å². The van der Waals surface area contributed by atoms with E-state index in [1.807, 2.05) is 37.3 Å². The Morgan fingerprint density at radius 1 is 1.41 bits per heavy atom. The van der Waals surface area contributed by atoms with Crippen molar-refractivity contribution in [1.29, 1.82) is 0 Å². The van der Waals surface area contributed by atoms with Crippen LogP contribution in [0.25, 0.3) is 0 Å². The molecule has 90 valence electrons. The number of carbonyl (C=O) groups is 1. The zero-order valence-corrected chi connectivity index (χ0v) is 9.63. The summed E-state index contributed by atoms with van der Waals surface area (Å²) in [6.07, 6.45) is 1.01. The number of hydrogen-bond acceptors (Lipinski definition) is 3. The first-order valence-electron chi connectivity index (χ1n) is 5.62. The standard InChI is InChI=1S/C13H15NO3/c1-9-11(14-17)7-8-13(9,12(15)16)10-5-3-2-4-6-10/h2-6,9,17H,7-8H2,1H3,(H,15,16)/b14-11-. The maximum absolute atomic E-state index is 11.7. The summed E-state index contributed by atoms with van der Waals surface area (Å²) in [7, 11) is 0. The molecule has 0 bridgehead atoms. The zero-order chi connectivity index (χ0) is 12.5. The van der Waals surface area contributed by atoms with Gasteiger partial charge in [0.05, 0.1) is 5.71 Å². The highest BCUT2D eigenvalue weighted by Gasteiger charge is 2.51. The van der Waals surface area contributed by atoms with Crippen molar-refractivity contribution >= 4 is 11.7 Å². The molecule has 2 N–H and O–H groups in total. The van der Waals surface area contributed by atoms with E-state index in [0.29, 0.717) is 18.6 Å². The second-order valence-electron chi connectivity index (χ2n) is 4.46. The molecule has 0 spiro atoms. The number of benzene rings is 1. The predicted octanol–water partition coefficient (Wildman–Crippen LogP) is 2.27. The summed E-state index contributed by atoms with van der Waals surface area (Å²) in [4.78, 5) is 11.7. The molecule has 1 saturated carbocycles. The first-order valence-corrected chi connectivity index (χ1v) is 5.62. The fourth-order valence-electron chi connectivity index (χ4n) is 2.72. The molecule has 1 aliphatic rings. The molecule has 0 radical (unpaired) electrons. The second-order valence-corrected chi connectivity index (χ2v) is 4.46. The van der Waals surface area contributed by atoms with Gasteiger partial charge in [-0.25, -0.2) is 0 Å². The maximum Gasteiger partial charge on any atom is 0.314 e. The van der Waals surface area contributed by atoms with Gasteiger partial charge in [-0.1, -0.05) is 42.4 Å². The Balaban J connectivity index is 2.53. The molecule has 1 aromatic rings. The maximum atomic E-state index is 11.7. The van der Waals surface area contributed by atoms with Crippen LogP contribution in [0.4, 0.5) is 0 Å². The normalized spacial score (nSPS) is 30.6. The number of nitrogens with zero attached hydrogens (tertiary/aromatic N) is 1. The average molecular weight is 233 g/mol. The SMILES string of the molecule is CC1/C(=N\O)CCC1(C(=O)O)c1ccccc1. The van der Waals surface area contributed by atoms with Crippen LogP contribution in [0.15, 0.2) is 35.5 Å². The van der Waals surface area contributed by atoms with E-state index in [1.54, 1.807) is 0 Å². The first kappa shape index (κ1) is 11.6. The highest BCUT2D eigenvalue weighted by atomic mass is 16.4. The minimum atomic E-state index is -0.956. The van der Waals surface area contributed by atoms with Gasteiger partial charge in [0.2, 0.25) is 0 Å². The van der Waals surface area contributed by atoms with Crippen LogP contribution in [0, 0.1) is 5.92 Å². The summed E-state index contributed by atoms with van der Waals surface area (Å²) >= 11 is 0. The van der Waals surface area contributed by atoms with E-state index >= 15 is 0 Å². The average Bonchev–Trinajstić information content (AvgIpc) is 2.68. The molecule has 17 heavy (non-hydrogen) atoms. The Hall–Kier alpha value is -1.84. The third-order valence-corrected chi connectivity index (χ3v) is 3.81. The van der Waals surface area contributed by atoms with Crippen molar-refractivity contribution in [1.82, 2.24) is 0 Å². The molecule has 0 saturated heterocycles. The summed E-state index contributed by atoms with van der Waals surface area (Å²) in [6.45, 7) is 1.81. The van der Waals surface area contributed by atoms with Crippen LogP contribution >= 0.6 is 0 Å². The lowest BCUT2D eigenvalue weighted by Gasteiger charge is -2.29. The molecular weight excluding hydrogens is 218 g/mol. The van der Waals surface area contributed by atoms with E-state index in [0.717, 1.165) is 5.56 Å². The Labute approximate surface area is 99.6 Å². The van der Waals surface area contributed by atoms with Gasteiger partial charge in [0.1, 0.15) is 5.41 Å². The number of oxime groups is 1. The summed E-state index contributed by atoms with van der Waals surface area (Å²) in [5.74, 6) is -1.14. The van der Waals surface area contributed by atoms with E-state index in [1.165, 1.54) is 0 Å². The summed E-state index contributed by atoms with van der Waals surface area (Å²) in [5, 5.41) is 21.7. The first-order chi connectivity index (χ1) is 8.13. The lowest BCUT2D eigenvalue weighted by molar-refractivity contribution is -0.144. The van der Waals surface area contributed by atoms with E-state index in [4.69, 9.17) is 5.21 Å². The van der Waals surface area contributed by atoms with Gasteiger partial charge in [-0.05, 0) is 18.4 Å². The monoisotopic (exact) mass is 233 g/mol. The fraction of sp³-hybridized carbons (Fsp3) is 0.385. The Bertz CT molecular complexity index is 455. The van der Waals surface area contributed by atoms with Gasteiger partial charge in [-0.15, -0.1) is 0 Å². The van der Waals surface area contributed by atoms with Crippen LogP contribution in [-0.4, -0.2) is 22.0 Å². The molecule has 0 amide bonds. The van der Waals surface area contributed by atoms with Crippen LogP contribution in [0.5, 0.6) is 0 Å². The third-order valence-electron chi connectivity index (χ3n) is 3.81. The number of carboxylic acid groups (broad SMARTS) is 1. The van der Waals surface area contributed by atoms with E-state index in [2.05, 4.69) is 5.16 Å². The van der Waals surface area contributed by atoms with E-state index in [9.17, 15) is 9.90 Å². The molecular formula is C13H15NO3.